The predicted octanol–water partition coefficient (Wildman–Crippen LogP) is 2.52. The number of hydrogen-bond donors (Lipinski definition) is 1. The average molecular weight is 268 g/mol. The van der Waals surface area contributed by atoms with Gasteiger partial charge in [-0.1, -0.05) is 15.9 Å². The summed E-state index contributed by atoms with van der Waals surface area (Å²) in [7, 11) is 0. The van der Waals surface area contributed by atoms with Crippen LogP contribution in [0.1, 0.15) is 16.8 Å². The maximum atomic E-state index is 11.9. The number of nitrogen functional groups attached to an aromatic ring is 1. The van der Waals surface area contributed by atoms with Gasteiger partial charge in [0.25, 0.3) is 0 Å². The molecule has 1 aromatic rings. The summed E-state index contributed by atoms with van der Waals surface area (Å²) in [4.78, 5) is 11.9. The largest absolute Gasteiger partial charge is 0.500 e. The van der Waals surface area contributed by atoms with Crippen LogP contribution in [0.4, 0.5) is 5.69 Å². The fourth-order valence-electron chi connectivity index (χ4n) is 1.47. The van der Waals surface area contributed by atoms with Crippen molar-refractivity contribution in [3.05, 3.63) is 40.1 Å². The first-order valence-corrected chi connectivity index (χ1v) is 5.38. The third kappa shape index (κ3) is 2.04. The van der Waals surface area contributed by atoms with Crippen molar-refractivity contribution in [1.29, 1.82) is 0 Å². The molecule has 15 heavy (non-hydrogen) atoms. The van der Waals surface area contributed by atoms with E-state index in [-0.39, 0.29) is 5.78 Å². The Morgan fingerprint density at radius 2 is 2.27 bits per heavy atom. The number of ether oxygens (including phenoxy) is 1. The van der Waals surface area contributed by atoms with Gasteiger partial charge < -0.3 is 10.5 Å². The zero-order valence-corrected chi connectivity index (χ0v) is 9.58. The number of anilines is 1. The third-order valence-corrected chi connectivity index (χ3v) is 2.76. The molecule has 0 saturated carbocycles. The molecule has 0 atom stereocenters. The normalized spacial score (nSPS) is 14.6. The number of carbonyl (C=O) groups excluding carboxylic acids is 1. The summed E-state index contributed by atoms with van der Waals surface area (Å²) in [5.41, 5.74) is 7.48. The lowest BCUT2D eigenvalue weighted by molar-refractivity contribution is 0.103. The van der Waals surface area contributed by atoms with Crippen LogP contribution >= 0.6 is 15.9 Å². The molecule has 1 aliphatic rings. The number of ketones is 1. The minimum absolute atomic E-state index is 0.0440. The van der Waals surface area contributed by atoms with E-state index in [1.165, 1.54) is 6.26 Å². The first-order chi connectivity index (χ1) is 7.18. The van der Waals surface area contributed by atoms with Crippen molar-refractivity contribution in [2.45, 2.75) is 6.42 Å². The minimum atomic E-state index is -0.0440. The molecule has 0 aromatic heterocycles. The van der Waals surface area contributed by atoms with E-state index in [1.54, 1.807) is 18.2 Å². The molecule has 1 heterocycles. The molecule has 0 fully saturated rings. The highest BCUT2D eigenvalue weighted by molar-refractivity contribution is 9.10. The zero-order chi connectivity index (χ0) is 10.8. The number of Topliss-reactive ketones (excluding diaryl/α,β-unsaturated/α-hetero) is 1. The van der Waals surface area contributed by atoms with Gasteiger partial charge in [0.1, 0.15) is 0 Å². The third-order valence-electron chi connectivity index (χ3n) is 2.26. The standard InChI is InChI=1S/C11H10BrNO2/c12-8-1-2-9(10(13)5-8)11(14)7-3-4-15-6-7/h1-2,5-6H,3-4,13H2. The van der Waals surface area contributed by atoms with Crippen LogP contribution in [0.25, 0.3) is 0 Å². The summed E-state index contributed by atoms with van der Waals surface area (Å²) in [6.07, 6.45) is 2.18. The summed E-state index contributed by atoms with van der Waals surface area (Å²) in [5.74, 6) is -0.0440. The number of hydrogen-bond acceptors (Lipinski definition) is 3. The van der Waals surface area contributed by atoms with Gasteiger partial charge in [-0.25, -0.2) is 0 Å². The van der Waals surface area contributed by atoms with Gasteiger partial charge in [0.2, 0.25) is 0 Å². The van der Waals surface area contributed by atoms with Crippen LogP contribution in [0.2, 0.25) is 0 Å². The monoisotopic (exact) mass is 267 g/mol. The molecule has 0 saturated heterocycles. The van der Waals surface area contributed by atoms with Crippen LogP contribution in [-0.2, 0) is 4.74 Å². The van der Waals surface area contributed by atoms with E-state index in [2.05, 4.69) is 15.9 Å². The SMILES string of the molecule is Nc1cc(Br)ccc1C(=O)C1=COCC1. The van der Waals surface area contributed by atoms with Crippen LogP contribution in [-0.4, -0.2) is 12.4 Å². The van der Waals surface area contributed by atoms with Crippen molar-refractivity contribution in [1.82, 2.24) is 0 Å². The van der Waals surface area contributed by atoms with E-state index >= 15 is 0 Å². The predicted molar refractivity (Wildman–Crippen MR) is 61.5 cm³/mol. The van der Waals surface area contributed by atoms with Crippen LogP contribution in [0.3, 0.4) is 0 Å². The second-order valence-corrected chi connectivity index (χ2v) is 4.24. The highest BCUT2D eigenvalue weighted by Gasteiger charge is 2.18. The fourth-order valence-corrected chi connectivity index (χ4v) is 1.85. The van der Waals surface area contributed by atoms with Crippen LogP contribution in [0.5, 0.6) is 0 Å². The van der Waals surface area contributed by atoms with E-state index in [9.17, 15) is 4.79 Å². The molecule has 2 N–H and O–H groups in total. The average Bonchev–Trinajstić information content (AvgIpc) is 2.69. The van der Waals surface area contributed by atoms with Crippen molar-refractivity contribution in [3.8, 4) is 0 Å². The van der Waals surface area contributed by atoms with Gasteiger partial charge in [-0.05, 0) is 18.2 Å². The van der Waals surface area contributed by atoms with E-state index in [0.29, 0.717) is 29.9 Å². The van der Waals surface area contributed by atoms with Crippen LogP contribution in [0.15, 0.2) is 34.5 Å². The number of halogens is 1. The van der Waals surface area contributed by atoms with Crippen LogP contribution < -0.4 is 5.73 Å². The summed E-state index contributed by atoms with van der Waals surface area (Å²) in [5, 5.41) is 0. The second kappa shape index (κ2) is 4.06. The van der Waals surface area contributed by atoms with Crippen LogP contribution in [0, 0.1) is 0 Å². The Hall–Kier alpha value is -1.29. The molecule has 78 valence electrons. The lowest BCUT2D eigenvalue weighted by Gasteiger charge is -2.04. The Morgan fingerprint density at radius 3 is 2.87 bits per heavy atom. The lowest BCUT2D eigenvalue weighted by Crippen LogP contribution is -2.05. The minimum Gasteiger partial charge on any atom is -0.500 e. The van der Waals surface area contributed by atoms with Gasteiger partial charge in [0, 0.05) is 27.7 Å². The number of nitrogens with two attached hydrogens (primary N) is 1. The van der Waals surface area contributed by atoms with Gasteiger partial charge in [-0.2, -0.15) is 0 Å². The molecule has 0 unspecified atom stereocenters. The molecule has 1 aliphatic heterocycles. The lowest BCUT2D eigenvalue weighted by atomic mass is 10.0. The molecule has 0 aliphatic carbocycles. The van der Waals surface area contributed by atoms with Gasteiger partial charge in [-0.3, -0.25) is 4.79 Å². The fraction of sp³-hybridized carbons (Fsp3) is 0.182. The molecule has 0 spiro atoms. The first kappa shape index (κ1) is 10.2. The second-order valence-electron chi connectivity index (χ2n) is 3.32. The molecule has 3 nitrogen and oxygen atoms in total. The smallest absolute Gasteiger partial charge is 0.194 e. The highest BCUT2D eigenvalue weighted by Crippen LogP contribution is 2.23. The van der Waals surface area contributed by atoms with Gasteiger partial charge >= 0.3 is 0 Å². The Bertz CT molecular complexity index is 440. The van der Waals surface area contributed by atoms with Crippen molar-refractivity contribution in [3.63, 3.8) is 0 Å². The maximum Gasteiger partial charge on any atom is 0.194 e. The zero-order valence-electron chi connectivity index (χ0n) is 8.00. The van der Waals surface area contributed by atoms with E-state index in [1.807, 2.05) is 0 Å². The van der Waals surface area contributed by atoms with E-state index in [0.717, 1.165) is 4.47 Å². The highest BCUT2D eigenvalue weighted by atomic mass is 79.9. The molecule has 4 heteroatoms. The summed E-state index contributed by atoms with van der Waals surface area (Å²) in [6, 6.07) is 5.25. The van der Waals surface area contributed by atoms with E-state index < -0.39 is 0 Å². The van der Waals surface area contributed by atoms with Gasteiger partial charge in [-0.15, -0.1) is 0 Å². The summed E-state index contributed by atoms with van der Waals surface area (Å²) < 4.78 is 5.90. The molecular weight excluding hydrogens is 258 g/mol. The number of benzene rings is 1. The van der Waals surface area contributed by atoms with Crippen molar-refractivity contribution in [2.24, 2.45) is 0 Å². The Balaban J connectivity index is 2.33. The quantitative estimate of drug-likeness (QED) is 0.662. The van der Waals surface area contributed by atoms with Crippen molar-refractivity contribution >= 4 is 27.4 Å². The number of carbonyl (C=O) groups is 1. The Morgan fingerprint density at radius 1 is 1.47 bits per heavy atom. The number of rotatable bonds is 2. The van der Waals surface area contributed by atoms with Crippen molar-refractivity contribution < 1.29 is 9.53 Å². The molecule has 0 bridgehead atoms. The van der Waals surface area contributed by atoms with E-state index in [4.69, 9.17) is 10.5 Å². The molecule has 0 amide bonds. The van der Waals surface area contributed by atoms with Crippen molar-refractivity contribution in [2.75, 3.05) is 12.3 Å². The molecular formula is C11H10BrNO2. The maximum absolute atomic E-state index is 11.9. The molecule has 1 aromatic carbocycles. The summed E-state index contributed by atoms with van der Waals surface area (Å²) >= 11 is 3.30. The Kier molecular flexibility index (Phi) is 2.77. The molecule has 2 rings (SSSR count). The molecule has 0 radical (unpaired) electrons. The summed E-state index contributed by atoms with van der Waals surface area (Å²) in [6.45, 7) is 0.581. The first-order valence-electron chi connectivity index (χ1n) is 4.59. The topological polar surface area (TPSA) is 52.3 Å². The Labute approximate surface area is 96.0 Å². The van der Waals surface area contributed by atoms with Gasteiger partial charge in [0.05, 0.1) is 12.9 Å². The van der Waals surface area contributed by atoms with Gasteiger partial charge in [0.15, 0.2) is 5.78 Å².